The van der Waals surface area contributed by atoms with Crippen molar-refractivity contribution in [1.82, 2.24) is 0 Å². The van der Waals surface area contributed by atoms with Crippen LogP contribution in [0.3, 0.4) is 0 Å². The Balaban J connectivity index is 2.12. The molecule has 5 heteroatoms. The second kappa shape index (κ2) is 6.57. The molecular formula is C15H13ClF2O2. The third-order valence-electron chi connectivity index (χ3n) is 2.76. The number of alkyl halides is 1. The predicted octanol–water partition coefficient (Wildman–Crippen LogP) is 4.29. The molecule has 2 aromatic rings. The Morgan fingerprint density at radius 2 is 1.70 bits per heavy atom. The Bertz CT molecular complexity index is 602. The molecule has 2 rings (SSSR count). The molecule has 0 spiro atoms. The van der Waals surface area contributed by atoms with Crippen molar-refractivity contribution >= 4 is 11.6 Å². The van der Waals surface area contributed by atoms with Gasteiger partial charge in [-0.1, -0.05) is 12.1 Å². The summed E-state index contributed by atoms with van der Waals surface area (Å²) in [6.45, 7) is 0.119. The van der Waals surface area contributed by atoms with Crippen molar-refractivity contribution in [2.24, 2.45) is 0 Å². The van der Waals surface area contributed by atoms with Crippen LogP contribution in [0.25, 0.3) is 0 Å². The van der Waals surface area contributed by atoms with Gasteiger partial charge in [0, 0.05) is 5.88 Å². The molecule has 0 amide bonds. The molecule has 0 radical (unpaired) electrons. The lowest BCUT2D eigenvalue weighted by Crippen LogP contribution is -1.99. The third-order valence-corrected chi connectivity index (χ3v) is 3.07. The molecule has 0 atom stereocenters. The molecule has 0 N–H and O–H groups in total. The number of rotatable bonds is 5. The quantitative estimate of drug-likeness (QED) is 0.767. The van der Waals surface area contributed by atoms with Gasteiger partial charge in [-0.15, -0.1) is 11.6 Å². The van der Waals surface area contributed by atoms with Crippen molar-refractivity contribution in [3.05, 3.63) is 59.2 Å². The molecule has 2 nitrogen and oxygen atoms in total. The van der Waals surface area contributed by atoms with Gasteiger partial charge in [0.2, 0.25) is 0 Å². The van der Waals surface area contributed by atoms with Crippen LogP contribution in [0.15, 0.2) is 36.4 Å². The van der Waals surface area contributed by atoms with E-state index in [0.717, 1.165) is 17.7 Å². The van der Waals surface area contributed by atoms with E-state index >= 15 is 0 Å². The van der Waals surface area contributed by atoms with E-state index in [1.807, 2.05) is 6.07 Å². The van der Waals surface area contributed by atoms with Gasteiger partial charge in [0.1, 0.15) is 6.61 Å². The summed E-state index contributed by atoms with van der Waals surface area (Å²) in [7, 11) is 1.53. The van der Waals surface area contributed by atoms with Crippen molar-refractivity contribution < 1.29 is 18.3 Å². The summed E-state index contributed by atoms with van der Waals surface area (Å²) < 4.78 is 36.6. The average Bonchev–Trinajstić information content (AvgIpc) is 2.48. The number of hydrogen-bond acceptors (Lipinski definition) is 2. The largest absolute Gasteiger partial charge is 0.493 e. The standard InChI is InChI=1S/C15H13ClF2O2/c1-19-15-7-10(8-16)3-5-14(15)20-9-11-2-4-12(17)13(18)6-11/h2-7H,8-9H2,1H3. The Hall–Kier alpha value is -1.81. The maximum Gasteiger partial charge on any atom is 0.161 e. The van der Waals surface area contributed by atoms with Gasteiger partial charge in [-0.3, -0.25) is 0 Å². The highest BCUT2D eigenvalue weighted by Gasteiger charge is 2.07. The fourth-order valence-electron chi connectivity index (χ4n) is 1.70. The van der Waals surface area contributed by atoms with Crippen LogP contribution < -0.4 is 9.47 Å². The van der Waals surface area contributed by atoms with E-state index in [1.165, 1.54) is 13.2 Å². The molecule has 0 saturated carbocycles. The molecule has 0 aromatic heterocycles. The smallest absolute Gasteiger partial charge is 0.161 e. The minimum Gasteiger partial charge on any atom is -0.493 e. The minimum absolute atomic E-state index is 0.119. The molecule has 0 saturated heterocycles. The molecule has 0 heterocycles. The highest BCUT2D eigenvalue weighted by atomic mass is 35.5. The molecule has 0 aliphatic carbocycles. The zero-order valence-corrected chi connectivity index (χ0v) is 11.6. The van der Waals surface area contributed by atoms with E-state index in [9.17, 15) is 8.78 Å². The van der Waals surface area contributed by atoms with Gasteiger partial charge in [-0.25, -0.2) is 8.78 Å². The Morgan fingerprint density at radius 1 is 0.950 bits per heavy atom. The van der Waals surface area contributed by atoms with Gasteiger partial charge in [-0.2, -0.15) is 0 Å². The fraction of sp³-hybridized carbons (Fsp3) is 0.200. The lowest BCUT2D eigenvalue weighted by molar-refractivity contribution is 0.283. The maximum absolute atomic E-state index is 13.1. The molecular weight excluding hydrogens is 286 g/mol. The monoisotopic (exact) mass is 298 g/mol. The van der Waals surface area contributed by atoms with Crippen LogP contribution >= 0.6 is 11.6 Å². The molecule has 0 aliphatic heterocycles. The molecule has 0 aliphatic rings. The summed E-state index contributed by atoms with van der Waals surface area (Å²) in [6.07, 6.45) is 0. The van der Waals surface area contributed by atoms with Crippen LogP contribution in [0.1, 0.15) is 11.1 Å². The Kier molecular flexibility index (Phi) is 4.79. The van der Waals surface area contributed by atoms with Crippen LogP contribution in [0.2, 0.25) is 0 Å². The fourth-order valence-corrected chi connectivity index (χ4v) is 1.87. The van der Waals surface area contributed by atoms with Crippen LogP contribution in [-0.2, 0) is 12.5 Å². The van der Waals surface area contributed by atoms with Crippen LogP contribution in [0.4, 0.5) is 8.78 Å². The van der Waals surface area contributed by atoms with Crippen LogP contribution in [0.5, 0.6) is 11.5 Å². The predicted molar refractivity (Wildman–Crippen MR) is 73.2 cm³/mol. The van der Waals surface area contributed by atoms with Gasteiger partial charge in [0.05, 0.1) is 7.11 Å². The van der Waals surface area contributed by atoms with E-state index in [2.05, 4.69) is 0 Å². The summed E-state index contributed by atoms with van der Waals surface area (Å²) in [6, 6.07) is 8.97. The van der Waals surface area contributed by atoms with E-state index in [-0.39, 0.29) is 6.61 Å². The second-order valence-electron chi connectivity index (χ2n) is 4.16. The third kappa shape index (κ3) is 3.39. The van der Waals surface area contributed by atoms with E-state index in [0.29, 0.717) is 22.9 Å². The molecule has 0 fully saturated rings. The molecule has 106 valence electrons. The van der Waals surface area contributed by atoms with Crippen molar-refractivity contribution in [3.8, 4) is 11.5 Å². The van der Waals surface area contributed by atoms with Gasteiger partial charge < -0.3 is 9.47 Å². The first-order chi connectivity index (χ1) is 9.63. The number of benzene rings is 2. The summed E-state index contributed by atoms with van der Waals surface area (Å²) in [5, 5.41) is 0. The van der Waals surface area contributed by atoms with Crippen molar-refractivity contribution in [2.75, 3.05) is 7.11 Å². The molecule has 2 aromatic carbocycles. The first-order valence-corrected chi connectivity index (χ1v) is 6.47. The minimum atomic E-state index is -0.893. The SMILES string of the molecule is COc1cc(CCl)ccc1OCc1ccc(F)c(F)c1. The summed E-state index contributed by atoms with van der Waals surface area (Å²) in [5.74, 6) is -0.329. The van der Waals surface area contributed by atoms with Crippen molar-refractivity contribution in [2.45, 2.75) is 12.5 Å². The maximum atomic E-state index is 13.1. The molecule has 0 unspecified atom stereocenters. The second-order valence-corrected chi connectivity index (χ2v) is 4.42. The first kappa shape index (κ1) is 14.6. The molecule has 20 heavy (non-hydrogen) atoms. The van der Waals surface area contributed by atoms with Gasteiger partial charge in [-0.05, 0) is 35.4 Å². The van der Waals surface area contributed by atoms with E-state index < -0.39 is 11.6 Å². The number of methoxy groups -OCH3 is 1. The highest BCUT2D eigenvalue weighted by molar-refractivity contribution is 6.17. The number of halogens is 3. The first-order valence-electron chi connectivity index (χ1n) is 5.93. The highest BCUT2D eigenvalue weighted by Crippen LogP contribution is 2.29. The summed E-state index contributed by atoms with van der Waals surface area (Å²) in [5.41, 5.74) is 1.44. The van der Waals surface area contributed by atoms with Crippen molar-refractivity contribution in [1.29, 1.82) is 0 Å². The van der Waals surface area contributed by atoms with E-state index in [1.54, 1.807) is 12.1 Å². The van der Waals surface area contributed by atoms with Crippen LogP contribution in [0, 0.1) is 11.6 Å². The van der Waals surface area contributed by atoms with E-state index in [4.69, 9.17) is 21.1 Å². The summed E-state index contributed by atoms with van der Waals surface area (Å²) in [4.78, 5) is 0. The summed E-state index contributed by atoms with van der Waals surface area (Å²) >= 11 is 5.74. The van der Waals surface area contributed by atoms with Gasteiger partial charge >= 0.3 is 0 Å². The Morgan fingerprint density at radius 3 is 2.35 bits per heavy atom. The normalized spacial score (nSPS) is 10.4. The Labute approximate surface area is 120 Å². The number of ether oxygens (including phenoxy) is 2. The van der Waals surface area contributed by atoms with Crippen molar-refractivity contribution in [3.63, 3.8) is 0 Å². The topological polar surface area (TPSA) is 18.5 Å². The molecule has 0 bridgehead atoms. The zero-order valence-electron chi connectivity index (χ0n) is 10.8. The number of hydrogen-bond donors (Lipinski definition) is 0. The van der Waals surface area contributed by atoms with Gasteiger partial charge in [0.25, 0.3) is 0 Å². The van der Waals surface area contributed by atoms with Crippen LogP contribution in [-0.4, -0.2) is 7.11 Å². The van der Waals surface area contributed by atoms with Gasteiger partial charge in [0.15, 0.2) is 23.1 Å². The zero-order chi connectivity index (χ0) is 14.5. The average molecular weight is 299 g/mol. The lowest BCUT2D eigenvalue weighted by Gasteiger charge is -2.11. The lowest BCUT2D eigenvalue weighted by atomic mass is 10.2.